The van der Waals surface area contributed by atoms with Crippen LogP contribution in [0.5, 0.6) is 0 Å². The molecule has 0 aliphatic heterocycles. The fourth-order valence-electron chi connectivity index (χ4n) is 2.81. The molecule has 7 heteroatoms. The van der Waals surface area contributed by atoms with Gasteiger partial charge in [0.05, 0.1) is 36.6 Å². The second-order valence-electron chi connectivity index (χ2n) is 7.25. The minimum absolute atomic E-state index is 0.00424. The Morgan fingerprint density at radius 1 is 0.552 bits per heavy atom. The third kappa shape index (κ3) is 18.2. The molecular weight excluding hydrogens is 376 g/mol. The van der Waals surface area contributed by atoms with Gasteiger partial charge in [-0.2, -0.15) is 0 Å². The van der Waals surface area contributed by atoms with Gasteiger partial charge in [-0.3, -0.25) is 4.79 Å². The predicted molar refractivity (Wildman–Crippen MR) is 112 cm³/mol. The van der Waals surface area contributed by atoms with Gasteiger partial charge in [0.25, 0.3) is 0 Å². The maximum absolute atomic E-state index is 10.1. The van der Waals surface area contributed by atoms with Crippen LogP contribution in [0.2, 0.25) is 0 Å². The van der Waals surface area contributed by atoms with Crippen molar-refractivity contribution in [3.63, 3.8) is 0 Å². The van der Waals surface area contributed by atoms with Gasteiger partial charge in [0.1, 0.15) is 6.29 Å². The summed E-state index contributed by atoms with van der Waals surface area (Å²) in [5.74, 6) is 0. The van der Waals surface area contributed by atoms with Crippen molar-refractivity contribution in [2.24, 2.45) is 0 Å². The van der Waals surface area contributed by atoms with Crippen molar-refractivity contribution in [3.8, 4) is 0 Å². The van der Waals surface area contributed by atoms with E-state index in [0.29, 0.717) is 12.7 Å². The van der Waals surface area contributed by atoms with Gasteiger partial charge in [-0.25, -0.2) is 0 Å². The fraction of sp³-hybridized carbons (Fsp3) is 0.591. The Balaban J connectivity index is 4.06. The average Bonchev–Trinajstić information content (AvgIpc) is 2.58. The molecule has 166 valence electrons. The lowest BCUT2D eigenvalue weighted by Gasteiger charge is -2.21. The Morgan fingerprint density at radius 2 is 0.931 bits per heavy atom. The molecule has 6 N–H and O–H groups in total. The summed E-state index contributed by atoms with van der Waals surface area (Å²) in [6, 6.07) is 0. The third-order valence-electron chi connectivity index (χ3n) is 4.08. The number of rotatable bonds is 16. The van der Waals surface area contributed by atoms with E-state index in [2.05, 4.69) is 0 Å². The molecule has 0 spiro atoms. The molecule has 7 nitrogen and oxygen atoms in total. The molecule has 0 saturated heterocycles. The summed E-state index contributed by atoms with van der Waals surface area (Å²) in [7, 11) is 0. The van der Waals surface area contributed by atoms with Crippen molar-refractivity contribution in [1.82, 2.24) is 0 Å². The summed E-state index contributed by atoms with van der Waals surface area (Å²) >= 11 is 0. The number of aliphatic hydroxyl groups is 6. The quantitative estimate of drug-likeness (QED) is 0.126. The third-order valence-corrected chi connectivity index (χ3v) is 4.08. The minimum Gasteiger partial charge on any atom is -0.393 e. The molecule has 6 unspecified atom stereocenters. The highest BCUT2D eigenvalue weighted by Crippen LogP contribution is 2.15. The van der Waals surface area contributed by atoms with Crippen LogP contribution in [-0.2, 0) is 4.79 Å². The molecule has 0 aliphatic carbocycles. The molecule has 0 heterocycles. The first kappa shape index (κ1) is 27.4. The van der Waals surface area contributed by atoms with Gasteiger partial charge in [-0.15, -0.1) is 0 Å². The van der Waals surface area contributed by atoms with Crippen LogP contribution in [0, 0.1) is 0 Å². The summed E-state index contributed by atoms with van der Waals surface area (Å²) in [6.07, 6.45) is 9.77. The van der Waals surface area contributed by atoms with Crippen LogP contribution in [0.1, 0.15) is 45.4 Å². The standard InChI is InChI=1S/C22H36O7/c1-17(24)12-19(26)14-21(28)16-22(29)15-20(27)13-18(25)10-8-6-4-2-3-5-7-9-11-23/h2-9,11,17-22,24-29H,10,12-16H2,1H3. The lowest BCUT2D eigenvalue weighted by Crippen LogP contribution is -2.28. The number of allylic oxidation sites excluding steroid dienone is 7. The fourth-order valence-corrected chi connectivity index (χ4v) is 2.81. The predicted octanol–water partition coefficient (Wildman–Crippen LogP) is 0.936. The molecular formula is C22H36O7. The molecule has 0 amide bonds. The lowest BCUT2D eigenvalue weighted by molar-refractivity contribution is -0.104. The summed E-state index contributed by atoms with van der Waals surface area (Å²) in [6.45, 7) is 1.55. The Kier molecular flexibility index (Phi) is 16.3. The molecule has 0 aromatic rings. The molecule has 6 atom stereocenters. The summed E-state index contributed by atoms with van der Waals surface area (Å²) < 4.78 is 0. The zero-order valence-electron chi connectivity index (χ0n) is 17.0. The largest absolute Gasteiger partial charge is 0.393 e. The van der Waals surface area contributed by atoms with Crippen LogP contribution in [-0.4, -0.2) is 73.5 Å². The Morgan fingerprint density at radius 3 is 1.38 bits per heavy atom. The summed E-state index contributed by atoms with van der Waals surface area (Å²) in [4.78, 5) is 10.1. The van der Waals surface area contributed by atoms with Gasteiger partial charge in [0.15, 0.2) is 0 Å². The highest BCUT2D eigenvalue weighted by Gasteiger charge is 2.20. The molecule has 29 heavy (non-hydrogen) atoms. The molecule has 0 rings (SSSR count). The van der Waals surface area contributed by atoms with Crippen molar-refractivity contribution in [1.29, 1.82) is 0 Å². The zero-order valence-corrected chi connectivity index (χ0v) is 17.0. The number of aliphatic hydroxyl groups excluding tert-OH is 6. The van der Waals surface area contributed by atoms with Crippen molar-refractivity contribution < 1.29 is 35.4 Å². The number of aldehydes is 1. The molecule has 0 saturated carbocycles. The Labute approximate surface area is 173 Å². The van der Waals surface area contributed by atoms with Crippen molar-refractivity contribution in [2.75, 3.05) is 0 Å². The Bertz CT molecular complexity index is 525. The second-order valence-corrected chi connectivity index (χ2v) is 7.25. The van der Waals surface area contributed by atoms with E-state index in [1.165, 1.54) is 6.08 Å². The van der Waals surface area contributed by atoms with E-state index in [4.69, 9.17) is 0 Å². The molecule has 0 bridgehead atoms. The van der Waals surface area contributed by atoms with E-state index in [0.717, 1.165) is 0 Å². The monoisotopic (exact) mass is 412 g/mol. The number of carbonyl (C=O) groups excluding carboxylic acids is 1. The number of hydrogen-bond donors (Lipinski definition) is 6. The van der Waals surface area contributed by atoms with Gasteiger partial charge >= 0.3 is 0 Å². The van der Waals surface area contributed by atoms with E-state index in [9.17, 15) is 35.4 Å². The lowest BCUT2D eigenvalue weighted by atomic mass is 9.97. The van der Waals surface area contributed by atoms with Gasteiger partial charge in [0.2, 0.25) is 0 Å². The topological polar surface area (TPSA) is 138 Å². The van der Waals surface area contributed by atoms with Gasteiger partial charge < -0.3 is 30.6 Å². The van der Waals surface area contributed by atoms with Gasteiger partial charge in [0, 0.05) is 0 Å². The number of hydrogen-bond acceptors (Lipinski definition) is 7. The first-order valence-corrected chi connectivity index (χ1v) is 9.93. The van der Waals surface area contributed by atoms with Crippen LogP contribution >= 0.6 is 0 Å². The number of carbonyl (C=O) groups is 1. The summed E-state index contributed by atoms with van der Waals surface area (Å²) in [5, 5.41) is 58.6. The van der Waals surface area contributed by atoms with Crippen LogP contribution in [0.4, 0.5) is 0 Å². The van der Waals surface area contributed by atoms with Crippen LogP contribution in [0.15, 0.2) is 48.6 Å². The van der Waals surface area contributed by atoms with E-state index in [1.54, 1.807) is 49.5 Å². The molecule has 0 aromatic carbocycles. The first-order chi connectivity index (χ1) is 13.7. The van der Waals surface area contributed by atoms with E-state index >= 15 is 0 Å². The maximum Gasteiger partial charge on any atom is 0.142 e. The van der Waals surface area contributed by atoms with Crippen molar-refractivity contribution in [2.45, 2.75) is 82.1 Å². The van der Waals surface area contributed by atoms with Crippen LogP contribution in [0.3, 0.4) is 0 Å². The molecule has 0 fully saturated rings. The van der Waals surface area contributed by atoms with Crippen molar-refractivity contribution >= 4 is 6.29 Å². The maximum atomic E-state index is 10.1. The normalized spacial score (nSPS) is 19.1. The van der Waals surface area contributed by atoms with Crippen LogP contribution < -0.4 is 0 Å². The molecule has 0 radical (unpaired) electrons. The second kappa shape index (κ2) is 17.3. The molecule has 0 aromatic heterocycles. The minimum atomic E-state index is -0.954. The van der Waals surface area contributed by atoms with Crippen molar-refractivity contribution in [3.05, 3.63) is 48.6 Å². The van der Waals surface area contributed by atoms with Gasteiger partial charge in [-0.05, 0) is 51.5 Å². The van der Waals surface area contributed by atoms with Crippen LogP contribution in [0.25, 0.3) is 0 Å². The van der Waals surface area contributed by atoms with E-state index < -0.39 is 36.6 Å². The van der Waals surface area contributed by atoms with Gasteiger partial charge in [-0.1, -0.05) is 42.5 Å². The zero-order chi connectivity index (χ0) is 22.1. The summed E-state index contributed by atoms with van der Waals surface area (Å²) in [5.41, 5.74) is 0. The van der Waals surface area contributed by atoms with E-state index in [1.807, 2.05) is 0 Å². The average molecular weight is 413 g/mol. The highest BCUT2D eigenvalue weighted by atomic mass is 16.3. The molecule has 0 aliphatic rings. The first-order valence-electron chi connectivity index (χ1n) is 9.93. The Hall–Kier alpha value is -1.61. The smallest absolute Gasteiger partial charge is 0.142 e. The SMILES string of the molecule is CC(O)CC(O)CC(O)CC(O)CC(O)CC(O)CC=CC=CC=CC=CC=O. The highest BCUT2D eigenvalue weighted by molar-refractivity contribution is 5.65. The van der Waals surface area contributed by atoms with E-state index in [-0.39, 0.29) is 32.1 Å².